The zero-order chi connectivity index (χ0) is 28.0. The zero-order valence-electron chi connectivity index (χ0n) is 22.5. The predicted molar refractivity (Wildman–Crippen MR) is 154 cm³/mol. The number of ether oxygens (including phenoxy) is 1. The zero-order valence-corrected chi connectivity index (χ0v) is 23.3. The number of aromatic nitrogens is 1. The number of carbonyl (C=O) groups excluding carboxylic acids is 1. The Morgan fingerprint density at radius 2 is 1.64 bits per heavy atom. The van der Waals surface area contributed by atoms with Crippen LogP contribution < -0.4 is 14.5 Å². The van der Waals surface area contributed by atoms with Crippen molar-refractivity contribution in [2.24, 2.45) is 5.10 Å². The van der Waals surface area contributed by atoms with Gasteiger partial charge in [0.1, 0.15) is 12.3 Å². The second-order valence-corrected chi connectivity index (χ2v) is 10.9. The van der Waals surface area contributed by atoms with E-state index in [-0.39, 0.29) is 4.90 Å². The summed E-state index contributed by atoms with van der Waals surface area (Å²) in [4.78, 5) is 13.0. The van der Waals surface area contributed by atoms with Gasteiger partial charge in [0, 0.05) is 22.6 Å². The van der Waals surface area contributed by atoms with Crippen molar-refractivity contribution in [3.63, 3.8) is 0 Å². The van der Waals surface area contributed by atoms with Crippen LogP contribution in [0.15, 0.2) is 94.9 Å². The lowest BCUT2D eigenvalue weighted by atomic mass is 10.2. The summed E-state index contributed by atoms with van der Waals surface area (Å²) in [6, 6.07) is 25.0. The van der Waals surface area contributed by atoms with Gasteiger partial charge in [-0.2, -0.15) is 5.10 Å². The molecule has 0 saturated carbocycles. The van der Waals surface area contributed by atoms with Gasteiger partial charge in [-0.1, -0.05) is 35.9 Å². The number of rotatable bonds is 10. The van der Waals surface area contributed by atoms with Crippen molar-refractivity contribution in [2.75, 3.05) is 17.5 Å². The van der Waals surface area contributed by atoms with E-state index in [2.05, 4.69) is 15.1 Å². The van der Waals surface area contributed by atoms with Gasteiger partial charge in [-0.15, -0.1) is 0 Å². The number of hydrogen-bond donors (Lipinski definition) is 1. The number of hydrazone groups is 1. The van der Waals surface area contributed by atoms with E-state index >= 15 is 0 Å². The molecule has 3 aromatic carbocycles. The summed E-state index contributed by atoms with van der Waals surface area (Å²) in [5.41, 5.74) is 7.61. The first-order chi connectivity index (χ1) is 18.7. The number of carbonyl (C=O) groups is 1. The molecule has 0 atom stereocenters. The Balaban J connectivity index is 1.55. The largest absolute Gasteiger partial charge is 0.494 e. The number of anilines is 1. The summed E-state index contributed by atoms with van der Waals surface area (Å²) in [5.74, 6) is 0.0313. The van der Waals surface area contributed by atoms with Crippen molar-refractivity contribution in [3.05, 3.63) is 107 Å². The average molecular weight is 545 g/mol. The van der Waals surface area contributed by atoms with Crippen LogP contribution in [0.4, 0.5) is 5.69 Å². The summed E-state index contributed by atoms with van der Waals surface area (Å²) in [7, 11) is -4.03. The Kier molecular flexibility index (Phi) is 8.51. The number of sulfonamides is 1. The lowest BCUT2D eigenvalue weighted by Crippen LogP contribution is -2.39. The number of amides is 1. The number of nitrogens with zero attached hydrogens (tertiary/aromatic N) is 3. The van der Waals surface area contributed by atoms with Gasteiger partial charge in [0.2, 0.25) is 0 Å². The molecule has 0 unspecified atom stereocenters. The van der Waals surface area contributed by atoms with Crippen LogP contribution in [0.1, 0.15) is 29.4 Å². The van der Waals surface area contributed by atoms with E-state index in [1.807, 2.05) is 64.1 Å². The highest BCUT2D eigenvalue weighted by molar-refractivity contribution is 7.92. The van der Waals surface area contributed by atoms with E-state index < -0.39 is 22.5 Å². The van der Waals surface area contributed by atoms with Crippen LogP contribution in [0.2, 0.25) is 0 Å². The number of para-hydroxylation sites is 1. The molecule has 1 N–H and O–H groups in total. The summed E-state index contributed by atoms with van der Waals surface area (Å²) in [5, 5.41) is 4.12. The Hall–Kier alpha value is -4.37. The van der Waals surface area contributed by atoms with Crippen LogP contribution >= 0.6 is 0 Å². The Labute approximate surface area is 229 Å². The number of nitrogens with one attached hydrogen (secondary N) is 1. The fourth-order valence-electron chi connectivity index (χ4n) is 4.26. The van der Waals surface area contributed by atoms with Crippen molar-refractivity contribution in [3.8, 4) is 11.4 Å². The number of hydrogen-bond acceptors (Lipinski definition) is 5. The molecule has 4 aromatic rings. The minimum Gasteiger partial charge on any atom is -0.494 e. The molecule has 0 bridgehead atoms. The summed E-state index contributed by atoms with van der Waals surface area (Å²) >= 11 is 0. The molecule has 39 heavy (non-hydrogen) atoms. The maximum absolute atomic E-state index is 13.6. The van der Waals surface area contributed by atoms with Crippen LogP contribution in [0.5, 0.6) is 5.75 Å². The van der Waals surface area contributed by atoms with Crippen molar-refractivity contribution in [1.29, 1.82) is 0 Å². The van der Waals surface area contributed by atoms with Gasteiger partial charge in [-0.05, 0) is 82.3 Å². The van der Waals surface area contributed by atoms with Gasteiger partial charge in [0.25, 0.3) is 15.9 Å². The maximum atomic E-state index is 13.6. The molecular weight excluding hydrogens is 512 g/mol. The van der Waals surface area contributed by atoms with Gasteiger partial charge < -0.3 is 9.30 Å². The van der Waals surface area contributed by atoms with Crippen LogP contribution in [0.25, 0.3) is 5.69 Å². The van der Waals surface area contributed by atoms with Crippen LogP contribution in [-0.2, 0) is 14.8 Å². The van der Waals surface area contributed by atoms with Crippen LogP contribution in [-0.4, -0.2) is 38.3 Å². The summed E-state index contributed by atoms with van der Waals surface area (Å²) in [6.07, 6.45) is 1.56. The molecule has 8 nitrogen and oxygen atoms in total. The molecule has 202 valence electrons. The highest BCUT2D eigenvalue weighted by atomic mass is 32.2. The highest BCUT2D eigenvalue weighted by Gasteiger charge is 2.27. The monoisotopic (exact) mass is 544 g/mol. The van der Waals surface area contributed by atoms with E-state index in [0.717, 1.165) is 32.5 Å². The summed E-state index contributed by atoms with van der Waals surface area (Å²) < 4.78 is 35.8. The smallest absolute Gasteiger partial charge is 0.264 e. The second-order valence-electron chi connectivity index (χ2n) is 9.04. The minimum absolute atomic E-state index is 0.0895. The summed E-state index contributed by atoms with van der Waals surface area (Å²) in [6.45, 7) is 7.75. The fourth-order valence-corrected chi connectivity index (χ4v) is 5.68. The first kappa shape index (κ1) is 27.7. The van der Waals surface area contributed by atoms with E-state index in [0.29, 0.717) is 18.0 Å². The maximum Gasteiger partial charge on any atom is 0.264 e. The van der Waals surface area contributed by atoms with Crippen LogP contribution in [0.3, 0.4) is 0 Å². The second kappa shape index (κ2) is 12.0. The molecule has 0 aliphatic rings. The van der Waals surface area contributed by atoms with E-state index in [9.17, 15) is 13.2 Å². The van der Waals surface area contributed by atoms with Gasteiger partial charge in [0.15, 0.2) is 0 Å². The molecule has 0 radical (unpaired) electrons. The molecule has 4 rings (SSSR count). The number of aryl methyl sites for hydroxylation is 2. The van der Waals surface area contributed by atoms with Gasteiger partial charge in [-0.25, -0.2) is 13.8 Å². The first-order valence-corrected chi connectivity index (χ1v) is 14.0. The van der Waals surface area contributed by atoms with E-state index in [1.54, 1.807) is 42.6 Å². The van der Waals surface area contributed by atoms with Gasteiger partial charge in [0.05, 0.1) is 23.4 Å². The van der Waals surface area contributed by atoms with Gasteiger partial charge >= 0.3 is 0 Å². The third-order valence-electron chi connectivity index (χ3n) is 6.21. The van der Waals surface area contributed by atoms with Crippen molar-refractivity contribution < 1.29 is 17.9 Å². The van der Waals surface area contributed by atoms with Gasteiger partial charge in [-0.3, -0.25) is 9.10 Å². The molecular formula is C30H32N4O4S. The molecule has 1 aromatic heterocycles. The lowest BCUT2D eigenvalue weighted by Gasteiger charge is -2.24. The number of benzene rings is 3. The molecule has 0 aliphatic carbocycles. The molecule has 0 aliphatic heterocycles. The molecule has 0 fully saturated rings. The lowest BCUT2D eigenvalue weighted by molar-refractivity contribution is -0.119. The quantitative estimate of drug-likeness (QED) is 0.221. The Bertz CT molecular complexity index is 1560. The Morgan fingerprint density at radius 1 is 0.974 bits per heavy atom. The molecule has 1 amide bonds. The topological polar surface area (TPSA) is 93.0 Å². The van der Waals surface area contributed by atoms with Crippen LogP contribution in [0, 0.1) is 20.8 Å². The van der Waals surface area contributed by atoms with Crippen molar-refractivity contribution in [2.45, 2.75) is 32.6 Å². The third kappa shape index (κ3) is 6.38. The van der Waals surface area contributed by atoms with Crippen molar-refractivity contribution >= 4 is 27.8 Å². The Morgan fingerprint density at radius 3 is 2.28 bits per heavy atom. The first-order valence-electron chi connectivity index (χ1n) is 12.6. The SMILES string of the molecule is CCOc1ccc(N(CC(=O)N/N=C/c2cc(C)n(-c3ccccc3)c2C)S(=O)(=O)c2ccc(C)cc2)cc1. The molecule has 1 heterocycles. The fraction of sp³-hybridized carbons (Fsp3) is 0.200. The van der Waals surface area contributed by atoms with E-state index in [4.69, 9.17) is 4.74 Å². The minimum atomic E-state index is -4.03. The van der Waals surface area contributed by atoms with Crippen molar-refractivity contribution in [1.82, 2.24) is 9.99 Å². The standard InChI is InChI=1S/C30H32N4O4S/c1-5-38-28-15-13-26(14-16-28)33(39(36,37)29-17-11-22(2)12-18-29)21-30(35)32-31-20-25-19-23(3)34(24(25)4)27-9-7-6-8-10-27/h6-20H,5,21H2,1-4H3,(H,32,35)/b31-20+. The molecule has 9 heteroatoms. The average Bonchev–Trinajstić information content (AvgIpc) is 3.21. The van der Waals surface area contributed by atoms with E-state index in [1.165, 1.54) is 12.1 Å². The predicted octanol–water partition coefficient (Wildman–Crippen LogP) is 5.15. The highest BCUT2D eigenvalue weighted by Crippen LogP contribution is 2.26. The molecule has 0 spiro atoms. The molecule has 0 saturated heterocycles. The normalized spacial score (nSPS) is 11.5. The third-order valence-corrected chi connectivity index (χ3v) is 8.00.